The van der Waals surface area contributed by atoms with Crippen molar-refractivity contribution in [3.63, 3.8) is 0 Å². The maximum atomic E-state index is 13.1. The van der Waals surface area contributed by atoms with Crippen LogP contribution in [0.5, 0.6) is 11.5 Å². The van der Waals surface area contributed by atoms with Crippen molar-refractivity contribution in [3.05, 3.63) is 57.8 Å². The highest BCUT2D eigenvalue weighted by atomic mass is 79.9. The monoisotopic (exact) mass is 351 g/mol. The first-order chi connectivity index (χ1) is 9.99. The van der Waals surface area contributed by atoms with E-state index >= 15 is 0 Å². The summed E-state index contributed by atoms with van der Waals surface area (Å²) in [5, 5.41) is 0. The molecule has 2 nitrogen and oxygen atoms in total. The van der Waals surface area contributed by atoms with Crippen LogP contribution in [0.2, 0.25) is 0 Å². The Hall–Kier alpha value is -1.39. The van der Waals surface area contributed by atoms with Gasteiger partial charge in [0, 0.05) is 6.04 Å². The van der Waals surface area contributed by atoms with Crippen LogP contribution in [-0.4, -0.2) is 6.04 Å². The second kappa shape index (κ2) is 7.05. The van der Waals surface area contributed by atoms with Crippen LogP contribution in [0.3, 0.4) is 0 Å². The number of rotatable bonds is 5. The molecule has 1 unspecified atom stereocenters. The maximum Gasteiger partial charge on any atom is 0.141 e. The summed E-state index contributed by atoms with van der Waals surface area (Å²) < 4.78 is 19.6. The highest BCUT2D eigenvalue weighted by Crippen LogP contribution is 2.32. The Morgan fingerprint density at radius 1 is 1.19 bits per heavy atom. The topological polar surface area (TPSA) is 35.2 Å². The Balaban J connectivity index is 2.24. The van der Waals surface area contributed by atoms with Crippen LogP contribution in [0.25, 0.3) is 0 Å². The second-order valence-corrected chi connectivity index (χ2v) is 6.00. The fraction of sp³-hybridized carbons (Fsp3) is 0.294. The van der Waals surface area contributed by atoms with E-state index in [2.05, 4.69) is 28.9 Å². The fourth-order valence-corrected chi connectivity index (χ4v) is 2.44. The zero-order valence-corrected chi connectivity index (χ0v) is 13.8. The van der Waals surface area contributed by atoms with E-state index in [1.54, 1.807) is 6.07 Å². The molecule has 2 aromatic carbocycles. The molecule has 0 amide bonds. The lowest BCUT2D eigenvalue weighted by Crippen LogP contribution is -2.21. The van der Waals surface area contributed by atoms with E-state index in [0.29, 0.717) is 10.2 Å². The predicted molar refractivity (Wildman–Crippen MR) is 87.3 cm³/mol. The van der Waals surface area contributed by atoms with E-state index < -0.39 is 0 Å². The van der Waals surface area contributed by atoms with E-state index in [1.165, 1.54) is 12.1 Å². The van der Waals surface area contributed by atoms with E-state index in [9.17, 15) is 4.39 Å². The lowest BCUT2D eigenvalue weighted by Gasteiger charge is -2.14. The van der Waals surface area contributed by atoms with Crippen LogP contribution in [0.1, 0.15) is 24.5 Å². The molecule has 4 heteroatoms. The molecule has 0 aromatic heterocycles. The third-order valence-electron chi connectivity index (χ3n) is 3.39. The Morgan fingerprint density at radius 2 is 1.95 bits per heavy atom. The Bertz CT molecular complexity index is 630. The van der Waals surface area contributed by atoms with Gasteiger partial charge in [0.2, 0.25) is 0 Å². The van der Waals surface area contributed by atoms with Gasteiger partial charge < -0.3 is 10.5 Å². The van der Waals surface area contributed by atoms with Gasteiger partial charge in [0.25, 0.3) is 0 Å². The zero-order valence-electron chi connectivity index (χ0n) is 12.2. The molecule has 0 fully saturated rings. The highest BCUT2D eigenvalue weighted by Gasteiger charge is 2.09. The minimum absolute atomic E-state index is 0.151. The number of halogens is 2. The molecule has 0 radical (unpaired) electrons. The van der Waals surface area contributed by atoms with E-state index in [4.69, 9.17) is 10.5 Å². The smallest absolute Gasteiger partial charge is 0.141 e. The quantitative estimate of drug-likeness (QED) is 0.825. The van der Waals surface area contributed by atoms with Crippen molar-refractivity contribution in [1.29, 1.82) is 0 Å². The van der Waals surface area contributed by atoms with Crippen molar-refractivity contribution >= 4 is 15.9 Å². The van der Waals surface area contributed by atoms with Crippen molar-refractivity contribution in [1.82, 2.24) is 0 Å². The van der Waals surface area contributed by atoms with Gasteiger partial charge in [-0.15, -0.1) is 0 Å². The molecule has 0 saturated carbocycles. The zero-order chi connectivity index (χ0) is 15.4. The first-order valence-electron chi connectivity index (χ1n) is 6.97. The molecule has 21 heavy (non-hydrogen) atoms. The third-order valence-corrected chi connectivity index (χ3v) is 4.01. The Kier molecular flexibility index (Phi) is 5.37. The van der Waals surface area contributed by atoms with E-state index in [-0.39, 0.29) is 11.9 Å². The minimum Gasteiger partial charge on any atom is -0.456 e. The number of hydrogen-bond acceptors (Lipinski definition) is 2. The molecule has 2 aromatic rings. The molecule has 0 bridgehead atoms. The highest BCUT2D eigenvalue weighted by molar-refractivity contribution is 9.10. The van der Waals surface area contributed by atoms with Crippen molar-refractivity contribution in [2.24, 2.45) is 5.73 Å². The van der Waals surface area contributed by atoms with E-state index in [0.717, 1.165) is 29.7 Å². The first kappa shape index (κ1) is 16.0. The Morgan fingerprint density at radius 3 is 2.62 bits per heavy atom. The summed E-state index contributed by atoms with van der Waals surface area (Å²) in [6.45, 7) is 4.06. The molecule has 0 spiro atoms. The number of nitrogens with two attached hydrogens (primary N) is 1. The summed E-state index contributed by atoms with van der Waals surface area (Å²) in [6.07, 6.45) is 1.76. The van der Waals surface area contributed by atoms with Gasteiger partial charge >= 0.3 is 0 Å². The number of ether oxygens (including phenoxy) is 1. The lowest BCUT2D eigenvalue weighted by molar-refractivity contribution is 0.472. The van der Waals surface area contributed by atoms with Gasteiger partial charge in [0.1, 0.15) is 17.3 Å². The van der Waals surface area contributed by atoms with Gasteiger partial charge in [-0.3, -0.25) is 0 Å². The molecule has 0 saturated heterocycles. The summed E-state index contributed by atoms with van der Waals surface area (Å²) in [5.74, 6) is 1.06. The molecule has 0 aliphatic heterocycles. The van der Waals surface area contributed by atoms with Gasteiger partial charge in [0.15, 0.2) is 0 Å². The summed E-state index contributed by atoms with van der Waals surface area (Å²) in [5.41, 5.74) is 8.17. The summed E-state index contributed by atoms with van der Waals surface area (Å²) in [4.78, 5) is 0. The summed E-state index contributed by atoms with van der Waals surface area (Å²) >= 11 is 3.31. The molecule has 2 N–H and O–H groups in total. The average molecular weight is 352 g/mol. The molecule has 0 heterocycles. The molecular formula is C17H19BrFNO. The standard InChI is InChI=1S/C17H19BrFNO/c1-3-14(20)8-12-5-4-11(2)17(9-12)21-16-7-6-13(19)10-15(16)18/h4-7,9-10,14H,3,8,20H2,1-2H3. The van der Waals surface area contributed by atoms with Crippen LogP contribution in [-0.2, 0) is 6.42 Å². The molecule has 112 valence electrons. The first-order valence-corrected chi connectivity index (χ1v) is 7.77. The summed E-state index contributed by atoms with van der Waals surface area (Å²) in [7, 11) is 0. The van der Waals surface area contributed by atoms with Crippen LogP contribution in [0.4, 0.5) is 4.39 Å². The van der Waals surface area contributed by atoms with Gasteiger partial charge in [-0.05, 0) is 71.1 Å². The lowest BCUT2D eigenvalue weighted by atomic mass is 10.0. The van der Waals surface area contributed by atoms with Crippen molar-refractivity contribution < 1.29 is 9.13 Å². The molecule has 2 rings (SSSR count). The molecule has 0 aliphatic carbocycles. The van der Waals surface area contributed by atoms with Crippen molar-refractivity contribution in [2.45, 2.75) is 32.7 Å². The summed E-state index contributed by atoms with van der Waals surface area (Å²) in [6, 6.07) is 10.6. The fourth-order valence-electron chi connectivity index (χ4n) is 2.00. The van der Waals surface area contributed by atoms with Crippen LogP contribution < -0.4 is 10.5 Å². The maximum absolute atomic E-state index is 13.1. The van der Waals surface area contributed by atoms with Crippen LogP contribution in [0.15, 0.2) is 40.9 Å². The van der Waals surface area contributed by atoms with Gasteiger partial charge in [-0.2, -0.15) is 0 Å². The minimum atomic E-state index is -0.298. The predicted octanol–water partition coefficient (Wildman–Crippen LogP) is 4.97. The van der Waals surface area contributed by atoms with Gasteiger partial charge in [0.05, 0.1) is 4.47 Å². The van der Waals surface area contributed by atoms with Gasteiger partial charge in [-0.25, -0.2) is 4.39 Å². The van der Waals surface area contributed by atoms with Crippen LogP contribution >= 0.6 is 15.9 Å². The van der Waals surface area contributed by atoms with Crippen LogP contribution in [0, 0.1) is 12.7 Å². The largest absolute Gasteiger partial charge is 0.456 e. The van der Waals surface area contributed by atoms with Crippen molar-refractivity contribution in [2.75, 3.05) is 0 Å². The van der Waals surface area contributed by atoms with E-state index in [1.807, 2.05) is 19.1 Å². The van der Waals surface area contributed by atoms with Gasteiger partial charge in [-0.1, -0.05) is 19.1 Å². The SMILES string of the molecule is CCC(N)Cc1ccc(C)c(Oc2ccc(F)cc2Br)c1. The number of aryl methyl sites for hydroxylation is 1. The Labute approximate surface area is 133 Å². The second-order valence-electron chi connectivity index (χ2n) is 5.15. The molecule has 0 aliphatic rings. The normalized spacial score (nSPS) is 12.2. The third kappa shape index (κ3) is 4.29. The molecule has 1 atom stereocenters. The number of hydrogen-bond donors (Lipinski definition) is 1. The average Bonchev–Trinajstić information content (AvgIpc) is 2.45. The molecular weight excluding hydrogens is 333 g/mol. The van der Waals surface area contributed by atoms with Crippen molar-refractivity contribution in [3.8, 4) is 11.5 Å². The number of benzene rings is 2.